The van der Waals surface area contributed by atoms with Crippen molar-refractivity contribution < 1.29 is 4.79 Å². The number of nitrogens with zero attached hydrogens (tertiary/aromatic N) is 2. The van der Waals surface area contributed by atoms with E-state index in [1.165, 1.54) is 0 Å². The Balaban J connectivity index is 1.72. The molecule has 1 atom stereocenters. The molecule has 6 heteroatoms. The lowest BCUT2D eigenvalue weighted by Gasteiger charge is -2.11. The number of nitriles is 1. The number of thioether (sulfide) groups is 1. The highest BCUT2D eigenvalue weighted by Crippen LogP contribution is 2.14. The molecule has 0 saturated heterocycles. The summed E-state index contributed by atoms with van der Waals surface area (Å²) in [7, 11) is 0. The van der Waals surface area contributed by atoms with Crippen molar-refractivity contribution in [3.05, 3.63) is 53.3 Å². The summed E-state index contributed by atoms with van der Waals surface area (Å²) in [5.41, 5.74) is 2.71. The van der Waals surface area contributed by atoms with Gasteiger partial charge in [-0.1, -0.05) is 12.1 Å². The van der Waals surface area contributed by atoms with E-state index in [2.05, 4.69) is 21.6 Å². The molecule has 0 bridgehead atoms. The SMILES string of the molecule is C[C@@H](NC(=O)CSCc1ccc(C#N)cc1)c1cn[nH]c1. The van der Waals surface area contributed by atoms with Crippen molar-refractivity contribution in [2.45, 2.75) is 18.7 Å². The number of rotatable bonds is 6. The van der Waals surface area contributed by atoms with E-state index in [0.29, 0.717) is 11.3 Å². The number of hydrogen-bond donors (Lipinski definition) is 2. The zero-order chi connectivity index (χ0) is 15.1. The number of H-pyrrole nitrogens is 1. The van der Waals surface area contributed by atoms with Crippen molar-refractivity contribution in [3.8, 4) is 6.07 Å². The van der Waals surface area contributed by atoms with Gasteiger partial charge >= 0.3 is 0 Å². The summed E-state index contributed by atoms with van der Waals surface area (Å²) in [6.07, 6.45) is 3.48. The smallest absolute Gasteiger partial charge is 0.230 e. The Morgan fingerprint density at radius 3 is 2.86 bits per heavy atom. The van der Waals surface area contributed by atoms with E-state index in [4.69, 9.17) is 5.26 Å². The van der Waals surface area contributed by atoms with Crippen LogP contribution in [0.1, 0.15) is 29.7 Å². The number of carbonyl (C=O) groups is 1. The molecular formula is C15H16N4OS. The molecule has 2 aromatic rings. The van der Waals surface area contributed by atoms with Crippen LogP contribution in [0.4, 0.5) is 0 Å². The summed E-state index contributed by atoms with van der Waals surface area (Å²) in [5.74, 6) is 1.16. The first kappa shape index (κ1) is 15.1. The molecule has 0 aliphatic carbocycles. The standard InChI is InChI=1S/C15H16N4OS/c1-11(14-7-17-18-8-14)19-15(20)10-21-9-13-4-2-12(6-16)3-5-13/h2-5,7-8,11H,9-10H2,1H3,(H,17,18)(H,19,20)/t11-/m1/s1. The second-order valence-corrected chi connectivity index (χ2v) is 5.61. The molecule has 0 aliphatic rings. The molecule has 1 heterocycles. The van der Waals surface area contributed by atoms with Gasteiger partial charge in [0.25, 0.3) is 0 Å². The first-order valence-corrected chi connectivity index (χ1v) is 7.69. The first-order chi connectivity index (χ1) is 10.2. The summed E-state index contributed by atoms with van der Waals surface area (Å²) in [6.45, 7) is 1.92. The van der Waals surface area contributed by atoms with Crippen molar-refractivity contribution in [1.29, 1.82) is 5.26 Å². The van der Waals surface area contributed by atoms with Crippen LogP contribution in [0.3, 0.4) is 0 Å². The lowest BCUT2D eigenvalue weighted by molar-refractivity contribution is -0.119. The Bertz CT molecular complexity index is 616. The largest absolute Gasteiger partial charge is 0.349 e. The van der Waals surface area contributed by atoms with Crippen LogP contribution in [-0.4, -0.2) is 21.9 Å². The third-order valence-electron chi connectivity index (χ3n) is 2.98. The second kappa shape index (κ2) is 7.50. The van der Waals surface area contributed by atoms with Crippen LogP contribution in [0.25, 0.3) is 0 Å². The Morgan fingerprint density at radius 1 is 1.48 bits per heavy atom. The molecule has 2 rings (SSSR count). The monoisotopic (exact) mass is 300 g/mol. The van der Waals surface area contributed by atoms with Crippen LogP contribution in [0.5, 0.6) is 0 Å². The van der Waals surface area contributed by atoms with Crippen molar-refractivity contribution >= 4 is 17.7 Å². The van der Waals surface area contributed by atoms with E-state index >= 15 is 0 Å². The molecule has 1 amide bonds. The zero-order valence-corrected chi connectivity index (χ0v) is 12.5. The molecule has 0 spiro atoms. The lowest BCUT2D eigenvalue weighted by Crippen LogP contribution is -2.28. The van der Waals surface area contributed by atoms with Gasteiger partial charge in [0.1, 0.15) is 0 Å². The molecule has 108 valence electrons. The van der Waals surface area contributed by atoms with Gasteiger partial charge in [-0.25, -0.2) is 0 Å². The molecule has 5 nitrogen and oxygen atoms in total. The number of hydrogen-bond acceptors (Lipinski definition) is 4. The maximum Gasteiger partial charge on any atom is 0.230 e. The fourth-order valence-electron chi connectivity index (χ4n) is 1.80. The summed E-state index contributed by atoms with van der Waals surface area (Å²) < 4.78 is 0. The minimum Gasteiger partial charge on any atom is -0.349 e. The number of benzene rings is 1. The maximum atomic E-state index is 11.8. The first-order valence-electron chi connectivity index (χ1n) is 6.54. The van der Waals surface area contributed by atoms with Crippen molar-refractivity contribution in [2.75, 3.05) is 5.75 Å². The van der Waals surface area contributed by atoms with E-state index < -0.39 is 0 Å². The summed E-state index contributed by atoms with van der Waals surface area (Å²) in [6, 6.07) is 9.44. The third kappa shape index (κ3) is 4.65. The van der Waals surface area contributed by atoms with Gasteiger partial charge in [0.15, 0.2) is 0 Å². The molecule has 21 heavy (non-hydrogen) atoms. The van der Waals surface area contributed by atoms with E-state index in [1.54, 1.807) is 36.3 Å². The predicted molar refractivity (Wildman–Crippen MR) is 82.5 cm³/mol. The Hall–Kier alpha value is -2.26. The Morgan fingerprint density at radius 2 is 2.24 bits per heavy atom. The minimum absolute atomic E-state index is 0.00217. The van der Waals surface area contributed by atoms with Crippen molar-refractivity contribution in [2.24, 2.45) is 0 Å². The number of amides is 1. The highest BCUT2D eigenvalue weighted by Gasteiger charge is 2.10. The maximum absolute atomic E-state index is 11.8. The van der Waals surface area contributed by atoms with Gasteiger partial charge in [-0.2, -0.15) is 10.4 Å². The van der Waals surface area contributed by atoms with Gasteiger partial charge in [0.2, 0.25) is 5.91 Å². The number of carbonyl (C=O) groups excluding carboxylic acids is 1. The minimum atomic E-state index is -0.0493. The van der Waals surface area contributed by atoms with Crippen LogP contribution in [-0.2, 0) is 10.5 Å². The fraction of sp³-hybridized carbons (Fsp3) is 0.267. The molecule has 0 fully saturated rings. The quantitative estimate of drug-likeness (QED) is 0.858. The fourth-order valence-corrected chi connectivity index (χ4v) is 2.60. The Kier molecular flexibility index (Phi) is 5.41. The Labute approximate surface area is 127 Å². The van der Waals surface area contributed by atoms with Gasteiger partial charge in [0, 0.05) is 17.5 Å². The number of aromatic amines is 1. The molecule has 2 N–H and O–H groups in total. The normalized spacial score (nSPS) is 11.6. The van der Waals surface area contributed by atoms with Crippen LogP contribution in [0.2, 0.25) is 0 Å². The van der Waals surface area contributed by atoms with Crippen molar-refractivity contribution in [3.63, 3.8) is 0 Å². The second-order valence-electron chi connectivity index (χ2n) is 4.62. The summed E-state index contributed by atoms with van der Waals surface area (Å²) >= 11 is 1.55. The topological polar surface area (TPSA) is 81.6 Å². The van der Waals surface area contributed by atoms with Crippen LogP contribution in [0.15, 0.2) is 36.7 Å². The molecular weight excluding hydrogens is 284 g/mol. The van der Waals surface area contributed by atoms with Gasteiger partial charge < -0.3 is 5.32 Å². The van der Waals surface area contributed by atoms with Gasteiger partial charge in [-0.15, -0.1) is 11.8 Å². The number of aromatic nitrogens is 2. The van der Waals surface area contributed by atoms with E-state index in [9.17, 15) is 4.79 Å². The van der Waals surface area contributed by atoms with E-state index in [-0.39, 0.29) is 11.9 Å². The molecule has 0 aliphatic heterocycles. The molecule has 0 unspecified atom stereocenters. The highest BCUT2D eigenvalue weighted by atomic mass is 32.2. The van der Waals surface area contributed by atoms with Crippen LogP contribution < -0.4 is 5.32 Å². The van der Waals surface area contributed by atoms with E-state index in [1.807, 2.05) is 19.1 Å². The van der Waals surface area contributed by atoms with Crippen LogP contribution in [0, 0.1) is 11.3 Å². The average molecular weight is 300 g/mol. The zero-order valence-electron chi connectivity index (χ0n) is 11.7. The van der Waals surface area contributed by atoms with Crippen LogP contribution >= 0.6 is 11.8 Å². The predicted octanol–water partition coefficient (Wildman–Crippen LogP) is 2.39. The van der Waals surface area contributed by atoms with Gasteiger partial charge in [0.05, 0.1) is 29.6 Å². The molecule has 0 saturated carbocycles. The summed E-state index contributed by atoms with van der Waals surface area (Å²) in [4.78, 5) is 11.8. The van der Waals surface area contributed by atoms with E-state index in [0.717, 1.165) is 16.9 Å². The van der Waals surface area contributed by atoms with Gasteiger partial charge in [-0.3, -0.25) is 9.89 Å². The molecule has 1 aromatic heterocycles. The van der Waals surface area contributed by atoms with Crippen molar-refractivity contribution in [1.82, 2.24) is 15.5 Å². The average Bonchev–Trinajstić information content (AvgIpc) is 3.02. The summed E-state index contributed by atoms with van der Waals surface area (Å²) in [5, 5.41) is 18.2. The molecule has 1 aromatic carbocycles. The molecule has 0 radical (unpaired) electrons. The number of nitrogens with one attached hydrogen (secondary N) is 2. The highest BCUT2D eigenvalue weighted by molar-refractivity contribution is 7.99. The third-order valence-corrected chi connectivity index (χ3v) is 3.99. The lowest BCUT2D eigenvalue weighted by atomic mass is 10.2. The van der Waals surface area contributed by atoms with Gasteiger partial charge in [-0.05, 0) is 24.6 Å².